The highest BCUT2D eigenvalue weighted by molar-refractivity contribution is 5.95. The minimum absolute atomic E-state index is 0.0363. The first-order chi connectivity index (χ1) is 15.2. The quantitative estimate of drug-likeness (QED) is 0.712. The summed E-state index contributed by atoms with van der Waals surface area (Å²) in [5, 5.41) is 2.98. The number of amides is 2. The van der Waals surface area contributed by atoms with E-state index in [4.69, 9.17) is 4.74 Å². The number of fused-ring (bicyclic) bond motifs is 2. The molecule has 156 valence electrons. The third-order valence-corrected chi connectivity index (χ3v) is 6.28. The summed E-state index contributed by atoms with van der Waals surface area (Å²) >= 11 is 0. The molecule has 5 nitrogen and oxygen atoms in total. The Morgan fingerprint density at radius 1 is 0.935 bits per heavy atom. The molecule has 0 aliphatic carbocycles. The van der Waals surface area contributed by atoms with E-state index in [2.05, 4.69) is 17.4 Å². The summed E-state index contributed by atoms with van der Waals surface area (Å²) in [6.07, 6.45) is -0.149. The molecule has 1 saturated heterocycles. The first-order valence-corrected chi connectivity index (χ1v) is 10.6. The molecule has 3 aromatic rings. The normalized spacial score (nSPS) is 21.8. The lowest BCUT2D eigenvalue weighted by Gasteiger charge is -2.34. The minimum atomic E-state index is -0.627. The highest BCUT2D eigenvalue weighted by atomic mass is 16.5. The van der Waals surface area contributed by atoms with E-state index in [0.29, 0.717) is 31.7 Å². The second-order valence-corrected chi connectivity index (χ2v) is 8.15. The van der Waals surface area contributed by atoms with Crippen molar-refractivity contribution in [2.75, 3.05) is 6.61 Å². The average Bonchev–Trinajstić information content (AvgIpc) is 3.41. The van der Waals surface area contributed by atoms with Gasteiger partial charge in [0.25, 0.3) is 5.91 Å². The zero-order chi connectivity index (χ0) is 21.3. The first-order valence-electron chi connectivity index (χ1n) is 10.6. The lowest BCUT2D eigenvalue weighted by molar-refractivity contribution is -0.130. The SMILES string of the molecule is O=C(NCc1ccccc1)[C@H]1C[C@]2(CO1)c1ccccc1CN2C(=O)c1ccccc1. The smallest absolute Gasteiger partial charge is 0.254 e. The molecule has 0 bridgehead atoms. The first kappa shape index (κ1) is 19.5. The Kier molecular flexibility index (Phi) is 5.04. The lowest BCUT2D eigenvalue weighted by atomic mass is 9.86. The van der Waals surface area contributed by atoms with Gasteiger partial charge in [-0.1, -0.05) is 72.8 Å². The van der Waals surface area contributed by atoms with Crippen LogP contribution < -0.4 is 5.32 Å². The maximum atomic E-state index is 13.4. The van der Waals surface area contributed by atoms with E-state index in [1.165, 1.54) is 0 Å². The van der Waals surface area contributed by atoms with Gasteiger partial charge >= 0.3 is 0 Å². The van der Waals surface area contributed by atoms with Crippen LogP contribution in [0.3, 0.4) is 0 Å². The van der Waals surface area contributed by atoms with Crippen molar-refractivity contribution in [1.29, 1.82) is 0 Å². The number of benzene rings is 3. The standard InChI is InChI=1S/C26H24N2O3/c29-24(27-16-19-9-3-1-4-10-19)23-15-26(18-31-23)22-14-8-7-13-21(22)17-28(26)25(30)20-11-5-2-6-12-20/h1-14,23H,15-18H2,(H,27,29)/t23-,26+/m1/s1. The Hall–Kier alpha value is -3.44. The van der Waals surface area contributed by atoms with Gasteiger partial charge in [-0.05, 0) is 28.8 Å². The van der Waals surface area contributed by atoms with Gasteiger partial charge in [0, 0.05) is 25.1 Å². The van der Waals surface area contributed by atoms with Crippen molar-refractivity contribution < 1.29 is 14.3 Å². The van der Waals surface area contributed by atoms with Crippen LogP contribution in [0, 0.1) is 0 Å². The predicted octanol–water partition coefficient (Wildman–Crippen LogP) is 3.64. The van der Waals surface area contributed by atoms with Crippen LogP contribution >= 0.6 is 0 Å². The third kappa shape index (κ3) is 3.51. The van der Waals surface area contributed by atoms with Crippen molar-refractivity contribution in [2.24, 2.45) is 0 Å². The molecule has 31 heavy (non-hydrogen) atoms. The lowest BCUT2D eigenvalue weighted by Crippen LogP contribution is -2.46. The monoisotopic (exact) mass is 412 g/mol. The number of nitrogens with one attached hydrogen (secondary N) is 1. The van der Waals surface area contributed by atoms with Crippen LogP contribution in [0.5, 0.6) is 0 Å². The number of carbonyl (C=O) groups excluding carboxylic acids is 2. The molecule has 5 rings (SSSR count). The number of hydrogen-bond donors (Lipinski definition) is 1. The highest BCUT2D eigenvalue weighted by Crippen LogP contribution is 2.47. The van der Waals surface area contributed by atoms with Gasteiger partial charge in [-0.15, -0.1) is 0 Å². The number of nitrogens with zero attached hydrogens (tertiary/aromatic N) is 1. The molecule has 1 spiro atoms. The molecule has 1 N–H and O–H groups in total. The molecule has 3 aromatic carbocycles. The van der Waals surface area contributed by atoms with Crippen LogP contribution in [0.15, 0.2) is 84.9 Å². The minimum Gasteiger partial charge on any atom is -0.365 e. The number of carbonyl (C=O) groups is 2. The van der Waals surface area contributed by atoms with Crippen LogP contribution in [-0.2, 0) is 28.2 Å². The molecule has 0 radical (unpaired) electrons. The van der Waals surface area contributed by atoms with Crippen molar-refractivity contribution in [2.45, 2.75) is 31.2 Å². The van der Waals surface area contributed by atoms with Gasteiger partial charge in [-0.3, -0.25) is 9.59 Å². The second-order valence-electron chi connectivity index (χ2n) is 8.15. The van der Waals surface area contributed by atoms with E-state index < -0.39 is 11.6 Å². The van der Waals surface area contributed by atoms with Gasteiger partial charge < -0.3 is 15.0 Å². The Morgan fingerprint density at radius 3 is 2.39 bits per heavy atom. The van der Waals surface area contributed by atoms with Gasteiger partial charge in [-0.25, -0.2) is 0 Å². The fraction of sp³-hybridized carbons (Fsp3) is 0.231. The number of hydrogen-bond acceptors (Lipinski definition) is 3. The molecule has 1 fully saturated rings. The van der Waals surface area contributed by atoms with Crippen molar-refractivity contribution in [3.8, 4) is 0 Å². The van der Waals surface area contributed by atoms with Crippen molar-refractivity contribution in [1.82, 2.24) is 10.2 Å². The fourth-order valence-electron chi connectivity index (χ4n) is 4.69. The molecule has 2 amide bonds. The molecule has 0 aromatic heterocycles. The zero-order valence-electron chi connectivity index (χ0n) is 17.2. The van der Waals surface area contributed by atoms with E-state index >= 15 is 0 Å². The molecule has 2 aliphatic heterocycles. The highest BCUT2D eigenvalue weighted by Gasteiger charge is 2.54. The third-order valence-electron chi connectivity index (χ3n) is 6.28. The molecule has 2 aliphatic rings. The van der Waals surface area contributed by atoms with Crippen LogP contribution in [0.1, 0.15) is 33.5 Å². The van der Waals surface area contributed by atoms with E-state index in [1.807, 2.05) is 77.7 Å². The molecular formula is C26H24N2O3. The van der Waals surface area contributed by atoms with Crippen LogP contribution in [0.4, 0.5) is 0 Å². The molecule has 0 unspecified atom stereocenters. The summed E-state index contributed by atoms with van der Waals surface area (Å²) in [7, 11) is 0. The molecule has 5 heteroatoms. The van der Waals surface area contributed by atoms with Crippen LogP contribution in [-0.4, -0.2) is 29.4 Å². The van der Waals surface area contributed by atoms with Crippen LogP contribution in [0.25, 0.3) is 0 Å². The maximum Gasteiger partial charge on any atom is 0.254 e. The number of rotatable bonds is 4. The maximum absolute atomic E-state index is 13.4. The topological polar surface area (TPSA) is 58.6 Å². The summed E-state index contributed by atoms with van der Waals surface area (Å²) in [5.74, 6) is -0.178. The Labute approximate surface area is 181 Å². The largest absolute Gasteiger partial charge is 0.365 e. The predicted molar refractivity (Wildman–Crippen MR) is 117 cm³/mol. The molecule has 2 atom stereocenters. The van der Waals surface area contributed by atoms with E-state index in [0.717, 1.165) is 16.7 Å². The second kappa shape index (κ2) is 8.00. The summed E-state index contributed by atoms with van der Waals surface area (Å²) < 4.78 is 6.01. The van der Waals surface area contributed by atoms with Crippen molar-refractivity contribution in [3.05, 3.63) is 107 Å². The Morgan fingerprint density at radius 2 is 1.61 bits per heavy atom. The van der Waals surface area contributed by atoms with E-state index in [-0.39, 0.29) is 11.8 Å². The Balaban J connectivity index is 1.39. The van der Waals surface area contributed by atoms with Crippen molar-refractivity contribution in [3.63, 3.8) is 0 Å². The van der Waals surface area contributed by atoms with E-state index in [9.17, 15) is 9.59 Å². The summed E-state index contributed by atoms with van der Waals surface area (Å²) in [6, 6.07) is 27.2. The van der Waals surface area contributed by atoms with Gasteiger partial charge in [0.1, 0.15) is 6.10 Å². The fourth-order valence-corrected chi connectivity index (χ4v) is 4.69. The van der Waals surface area contributed by atoms with E-state index in [1.54, 1.807) is 0 Å². The van der Waals surface area contributed by atoms with Gasteiger partial charge in [-0.2, -0.15) is 0 Å². The van der Waals surface area contributed by atoms with Gasteiger partial charge in [0.05, 0.1) is 12.1 Å². The summed E-state index contributed by atoms with van der Waals surface area (Å²) in [6.45, 7) is 1.29. The van der Waals surface area contributed by atoms with Crippen molar-refractivity contribution >= 4 is 11.8 Å². The zero-order valence-corrected chi connectivity index (χ0v) is 17.2. The van der Waals surface area contributed by atoms with Gasteiger partial charge in [0.15, 0.2) is 0 Å². The molecule has 2 heterocycles. The summed E-state index contributed by atoms with van der Waals surface area (Å²) in [4.78, 5) is 28.2. The molecule has 0 saturated carbocycles. The Bertz CT molecular complexity index is 1100. The number of ether oxygens (including phenoxy) is 1. The average molecular weight is 412 g/mol. The summed E-state index contributed by atoms with van der Waals surface area (Å²) in [5.41, 5.74) is 3.25. The van der Waals surface area contributed by atoms with Gasteiger partial charge in [0.2, 0.25) is 5.91 Å². The molecular weight excluding hydrogens is 388 g/mol. The van der Waals surface area contributed by atoms with Crippen LogP contribution in [0.2, 0.25) is 0 Å².